The van der Waals surface area contributed by atoms with Crippen LogP contribution in [-0.2, 0) is 11.3 Å². The second-order valence-electron chi connectivity index (χ2n) is 4.56. The van der Waals surface area contributed by atoms with Crippen molar-refractivity contribution in [3.05, 3.63) is 28.8 Å². The van der Waals surface area contributed by atoms with Crippen molar-refractivity contribution in [3.63, 3.8) is 0 Å². The number of hydrogen-bond donors (Lipinski definition) is 1. The van der Waals surface area contributed by atoms with Gasteiger partial charge in [0, 0.05) is 19.0 Å². The summed E-state index contributed by atoms with van der Waals surface area (Å²) < 4.78 is 15.3. The largest absolute Gasteiger partial charge is 0.370 e. The molecule has 0 bridgehead atoms. The first-order valence-electron chi connectivity index (χ1n) is 6.17. The summed E-state index contributed by atoms with van der Waals surface area (Å²) in [7, 11) is 0. The number of fused-ring (bicyclic) bond motifs is 1. The lowest BCUT2D eigenvalue weighted by atomic mass is 10.2. The number of aromatic nitrogens is 2. The molecule has 4 nitrogen and oxygen atoms in total. The molecule has 0 radical (unpaired) electrons. The SMILES string of the molecule is CC(Cl)c1nc2cc(F)c(Cl)cc2n1CCCC(N)=O. The van der Waals surface area contributed by atoms with E-state index in [0.717, 1.165) is 0 Å². The highest BCUT2D eigenvalue weighted by Gasteiger charge is 2.16. The summed E-state index contributed by atoms with van der Waals surface area (Å²) >= 11 is 11.9. The van der Waals surface area contributed by atoms with E-state index in [9.17, 15) is 9.18 Å². The molecule has 0 saturated heterocycles. The van der Waals surface area contributed by atoms with Gasteiger partial charge in [-0.3, -0.25) is 4.79 Å². The Morgan fingerprint density at radius 1 is 1.55 bits per heavy atom. The van der Waals surface area contributed by atoms with Crippen molar-refractivity contribution >= 4 is 40.1 Å². The normalized spacial score (nSPS) is 12.8. The van der Waals surface area contributed by atoms with Crippen molar-refractivity contribution in [2.45, 2.75) is 31.7 Å². The fourth-order valence-corrected chi connectivity index (χ4v) is 2.41. The predicted molar refractivity (Wildman–Crippen MR) is 77.4 cm³/mol. The summed E-state index contributed by atoms with van der Waals surface area (Å²) in [6.07, 6.45) is 0.830. The summed E-state index contributed by atoms with van der Waals surface area (Å²) in [6, 6.07) is 2.80. The Kier molecular flexibility index (Phi) is 4.50. The van der Waals surface area contributed by atoms with Crippen LogP contribution in [0.25, 0.3) is 11.0 Å². The zero-order valence-electron chi connectivity index (χ0n) is 10.9. The number of aryl methyl sites for hydroxylation is 1. The van der Waals surface area contributed by atoms with Crippen molar-refractivity contribution in [2.75, 3.05) is 0 Å². The van der Waals surface area contributed by atoms with E-state index in [4.69, 9.17) is 28.9 Å². The molecular formula is C13H14Cl2FN3O. The summed E-state index contributed by atoms with van der Waals surface area (Å²) in [5.41, 5.74) is 6.32. The van der Waals surface area contributed by atoms with Crippen LogP contribution in [0.4, 0.5) is 4.39 Å². The molecule has 2 rings (SSSR count). The first kappa shape index (κ1) is 15.1. The molecule has 0 aliphatic heterocycles. The molecule has 7 heteroatoms. The van der Waals surface area contributed by atoms with Gasteiger partial charge in [0.05, 0.1) is 21.4 Å². The van der Waals surface area contributed by atoms with Gasteiger partial charge in [-0.1, -0.05) is 11.6 Å². The van der Waals surface area contributed by atoms with Gasteiger partial charge < -0.3 is 10.3 Å². The maximum absolute atomic E-state index is 13.5. The lowest BCUT2D eigenvalue weighted by Crippen LogP contribution is -2.12. The van der Waals surface area contributed by atoms with Crippen molar-refractivity contribution < 1.29 is 9.18 Å². The minimum Gasteiger partial charge on any atom is -0.370 e. The third-order valence-electron chi connectivity index (χ3n) is 2.98. The van der Waals surface area contributed by atoms with Gasteiger partial charge in [0.25, 0.3) is 0 Å². The van der Waals surface area contributed by atoms with Crippen LogP contribution >= 0.6 is 23.2 Å². The summed E-state index contributed by atoms with van der Waals surface area (Å²) in [6.45, 7) is 2.30. The number of rotatable bonds is 5. The van der Waals surface area contributed by atoms with Crippen LogP contribution in [0.5, 0.6) is 0 Å². The third-order valence-corrected chi connectivity index (χ3v) is 3.47. The van der Waals surface area contributed by atoms with E-state index in [-0.39, 0.29) is 22.7 Å². The minimum atomic E-state index is -0.519. The number of nitrogens with zero attached hydrogens (tertiary/aromatic N) is 2. The predicted octanol–water partition coefficient (Wildman–Crippen LogP) is 3.39. The Labute approximate surface area is 125 Å². The third kappa shape index (κ3) is 3.04. The molecule has 0 saturated carbocycles. The molecular weight excluding hydrogens is 304 g/mol. The van der Waals surface area contributed by atoms with Gasteiger partial charge in [0.1, 0.15) is 11.6 Å². The smallest absolute Gasteiger partial charge is 0.217 e. The van der Waals surface area contributed by atoms with E-state index < -0.39 is 5.82 Å². The van der Waals surface area contributed by atoms with E-state index in [2.05, 4.69) is 4.98 Å². The lowest BCUT2D eigenvalue weighted by molar-refractivity contribution is -0.118. The number of carbonyl (C=O) groups excluding carboxylic acids is 1. The topological polar surface area (TPSA) is 60.9 Å². The van der Waals surface area contributed by atoms with Crippen LogP contribution in [0.3, 0.4) is 0 Å². The van der Waals surface area contributed by atoms with Crippen molar-refractivity contribution in [1.29, 1.82) is 0 Å². The fraction of sp³-hybridized carbons (Fsp3) is 0.385. The molecule has 1 aromatic carbocycles. The maximum Gasteiger partial charge on any atom is 0.217 e. The molecule has 2 N–H and O–H groups in total. The highest BCUT2D eigenvalue weighted by molar-refractivity contribution is 6.31. The number of carbonyl (C=O) groups is 1. The van der Waals surface area contributed by atoms with Crippen LogP contribution in [0, 0.1) is 5.82 Å². The Morgan fingerprint density at radius 2 is 2.25 bits per heavy atom. The molecule has 0 aliphatic carbocycles. The number of primary amides is 1. The molecule has 108 valence electrons. The average molecular weight is 318 g/mol. The molecule has 1 amide bonds. The van der Waals surface area contributed by atoms with Crippen molar-refractivity contribution in [2.24, 2.45) is 5.73 Å². The maximum atomic E-state index is 13.5. The highest BCUT2D eigenvalue weighted by atomic mass is 35.5. The van der Waals surface area contributed by atoms with Crippen LogP contribution < -0.4 is 5.73 Å². The Balaban J connectivity index is 2.45. The quantitative estimate of drug-likeness (QED) is 0.859. The number of hydrogen-bond acceptors (Lipinski definition) is 2. The van der Waals surface area contributed by atoms with Gasteiger partial charge >= 0.3 is 0 Å². The Hall–Kier alpha value is -1.33. The molecule has 0 aliphatic rings. The monoisotopic (exact) mass is 317 g/mol. The summed E-state index contributed by atoms with van der Waals surface area (Å²) in [5, 5.41) is -0.305. The molecule has 1 unspecified atom stereocenters. The molecule has 0 fully saturated rings. The Morgan fingerprint density at radius 3 is 2.85 bits per heavy atom. The van der Waals surface area contributed by atoms with E-state index >= 15 is 0 Å². The molecule has 1 heterocycles. The van der Waals surface area contributed by atoms with Crippen molar-refractivity contribution in [3.8, 4) is 0 Å². The standard InChI is InChI=1S/C13H14Cl2FN3O/c1-7(14)13-18-10-6-9(16)8(15)5-11(10)19(13)4-2-3-12(17)20/h5-7H,2-4H2,1H3,(H2,17,20). The fourth-order valence-electron chi connectivity index (χ4n) is 2.09. The zero-order chi connectivity index (χ0) is 14.9. The number of halogens is 3. The van der Waals surface area contributed by atoms with E-state index in [1.165, 1.54) is 12.1 Å². The van der Waals surface area contributed by atoms with Gasteiger partial charge in [-0.2, -0.15) is 0 Å². The first-order valence-corrected chi connectivity index (χ1v) is 6.99. The van der Waals surface area contributed by atoms with E-state index in [1.54, 1.807) is 6.92 Å². The van der Waals surface area contributed by atoms with Gasteiger partial charge in [-0.25, -0.2) is 9.37 Å². The van der Waals surface area contributed by atoms with Crippen LogP contribution in [0.15, 0.2) is 12.1 Å². The van der Waals surface area contributed by atoms with Crippen LogP contribution in [0.1, 0.15) is 31.0 Å². The van der Waals surface area contributed by atoms with Crippen LogP contribution in [-0.4, -0.2) is 15.5 Å². The van der Waals surface area contributed by atoms with Gasteiger partial charge in [-0.05, 0) is 19.4 Å². The Bertz CT molecular complexity index is 655. The second kappa shape index (κ2) is 5.97. The second-order valence-corrected chi connectivity index (χ2v) is 5.62. The van der Waals surface area contributed by atoms with Gasteiger partial charge in [0.2, 0.25) is 5.91 Å². The van der Waals surface area contributed by atoms with Gasteiger partial charge in [0.15, 0.2) is 0 Å². The zero-order valence-corrected chi connectivity index (χ0v) is 12.4. The molecule has 2 aromatic rings. The molecule has 1 atom stereocenters. The van der Waals surface area contributed by atoms with E-state index in [0.29, 0.717) is 29.8 Å². The molecule has 1 aromatic heterocycles. The van der Waals surface area contributed by atoms with Gasteiger partial charge in [-0.15, -0.1) is 11.6 Å². The highest BCUT2D eigenvalue weighted by Crippen LogP contribution is 2.28. The average Bonchev–Trinajstić information content (AvgIpc) is 2.68. The first-order chi connectivity index (χ1) is 9.40. The van der Waals surface area contributed by atoms with E-state index in [1.807, 2.05) is 4.57 Å². The lowest BCUT2D eigenvalue weighted by Gasteiger charge is -2.10. The minimum absolute atomic E-state index is 0.0299. The van der Waals surface area contributed by atoms with Crippen molar-refractivity contribution in [1.82, 2.24) is 9.55 Å². The number of amides is 1. The molecule has 0 spiro atoms. The summed E-state index contributed by atoms with van der Waals surface area (Å²) in [5.74, 6) is -0.262. The molecule has 20 heavy (non-hydrogen) atoms. The number of alkyl halides is 1. The van der Waals surface area contributed by atoms with Crippen LogP contribution in [0.2, 0.25) is 5.02 Å². The number of imidazole rings is 1. The number of nitrogens with two attached hydrogens (primary N) is 1. The summed E-state index contributed by atoms with van der Waals surface area (Å²) in [4.78, 5) is 15.1. The number of benzene rings is 1.